The van der Waals surface area contributed by atoms with E-state index in [-0.39, 0.29) is 29.6 Å². The summed E-state index contributed by atoms with van der Waals surface area (Å²) in [6.07, 6.45) is 1.27. The smallest absolute Gasteiger partial charge is 0.358 e. The van der Waals surface area contributed by atoms with Crippen molar-refractivity contribution in [3.8, 4) is 11.5 Å². The molecule has 0 spiro atoms. The van der Waals surface area contributed by atoms with Gasteiger partial charge in [-0.25, -0.2) is 14.8 Å². The van der Waals surface area contributed by atoms with Gasteiger partial charge in [0.2, 0.25) is 11.7 Å². The highest BCUT2D eigenvalue weighted by atomic mass is 35.5. The maximum atomic E-state index is 12.4. The summed E-state index contributed by atoms with van der Waals surface area (Å²) in [4.78, 5) is 34.6. The molecule has 0 saturated carbocycles. The van der Waals surface area contributed by atoms with Crippen molar-refractivity contribution in [3.05, 3.63) is 58.0 Å². The Morgan fingerprint density at radius 2 is 1.85 bits per heavy atom. The highest BCUT2D eigenvalue weighted by Gasteiger charge is 2.19. The molecule has 27 heavy (non-hydrogen) atoms. The second kappa shape index (κ2) is 7.75. The number of Topliss-reactive ketones (excluding diaryl/α,β-unsaturated/α-hetero) is 1. The minimum Gasteiger partial charge on any atom is -0.476 e. The number of oxazole rings is 1. The van der Waals surface area contributed by atoms with Crippen LogP contribution in [0.25, 0.3) is 11.5 Å². The number of carboxylic acid groups (broad SMARTS) is 1. The molecule has 0 bridgehead atoms. The van der Waals surface area contributed by atoms with E-state index in [4.69, 9.17) is 21.1 Å². The van der Waals surface area contributed by atoms with Gasteiger partial charge in [0.1, 0.15) is 5.76 Å². The molecule has 7 nitrogen and oxygen atoms in total. The third-order valence-electron chi connectivity index (χ3n) is 4.13. The second-order valence-electron chi connectivity index (χ2n) is 5.95. The summed E-state index contributed by atoms with van der Waals surface area (Å²) < 4.78 is 5.54. The van der Waals surface area contributed by atoms with Crippen LogP contribution in [0.1, 0.15) is 52.0 Å². The highest BCUT2D eigenvalue weighted by Crippen LogP contribution is 2.23. The lowest BCUT2D eigenvalue weighted by Crippen LogP contribution is -2.06. The minimum absolute atomic E-state index is 0.0758. The van der Waals surface area contributed by atoms with Crippen LogP contribution in [0.2, 0.25) is 5.15 Å². The Morgan fingerprint density at radius 3 is 2.37 bits per heavy atom. The minimum atomic E-state index is -1.12. The third-order valence-corrected chi connectivity index (χ3v) is 4.45. The van der Waals surface area contributed by atoms with Crippen LogP contribution in [-0.2, 0) is 19.3 Å². The zero-order valence-electron chi connectivity index (χ0n) is 14.9. The summed E-state index contributed by atoms with van der Waals surface area (Å²) in [5.74, 6) is -0.465. The molecule has 1 aromatic carbocycles. The molecule has 0 aliphatic carbocycles. The predicted molar refractivity (Wildman–Crippen MR) is 99.3 cm³/mol. The van der Waals surface area contributed by atoms with Gasteiger partial charge in [-0.05, 0) is 24.1 Å². The Hall–Kier alpha value is -2.93. The number of benzene rings is 1. The van der Waals surface area contributed by atoms with E-state index in [1.54, 1.807) is 31.2 Å². The van der Waals surface area contributed by atoms with Crippen molar-refractivity contribution in [2.75, 3.05) is 0 Å². The van der Waals surface area contributed by atoms with Crippen molar-refractivity contribution >= 4 is 23.4 Å². The van der Waals surface area contributed by atoms with E-state index >= 15 is 0 Å². The van der Waals surface area contributed by atoms with E-state index in [1.807, 2.05) is 6.92 Å². The highest BCUT2D eigenvalue weighted by molar-refractivity contribution is 6.30. The van der Waals surface area contributed by atoms with Crippen LogP contribution in [0.3, 0.4) is 0 Å². The average Bonchev–Trinajstić information content (AvgIpc) is 3.26. The Kier molecular flexibility index (Phi) is 5.41. The van der Waals surface area contributed by atoms with E-state index in [2.05, 4.69) is 15.0 Å². The standard InChI is InChI=1S/C19H18ClN3O4/c1-3-12-16(20)23-17(21-12)13(24)9-10-5-7-11(8-6-10)18-22-15(19(25)26)14(4-2)27-18/h5-8H,3-4,9H2,1-2H3,(H,21,23)(H,25,26). The molecule has 0 unspecified atom stereocenters. The molecule has 3 aromatic rings. The number of aromatic carboxylic acids is 1. The van der Waals surface area contributed by atoms with E-state index in [0.717, 1.165) is 11.3 Å². The number of aromatic amines is 1. The topological polar surface area (TPSA) is 109 Å². The number of carbonyl (C=O) groups is 2. The van der Waals surface area contributed by atoms with Crippen LogP contribution in [0, 0.1) is 0 Å². The van der Waals surface area contributed by atoms with E-state index < -0.39 is 5.97 Å². The number of nitrogens with one attached hydrogen (secondary N) is 1. The van der Waals surface area contributed by atoms with Crippen LogP contribution in [0.4, 0.5) is 0 Å². The van der Waals surface area contributed by atoms with Crippen LogP contribution in [0.15, 0.2) is 28.7 Å². The molecule has 2 aromatic heterocycles. The SMILES string of the molecule is CCc1[nH]c(C(=O)Cc2ccc(-c3nc(C(=O)O)c(CC)o3)cc2)nc1Cl. The molecule has 0 fully saturated rings. The first-order chi connectivity index (χ1) is 12.9. The fourth-order valence-electron chi connectivity index (χ4n) is 2.67. The lowest BCUT2D eigenvalue weighted by Gasteiger charge is -2.01. The number of rotatable bonds is 7. The molecule has 0 radical (unpaired) electrons. The van der Waals surface area contributed by atoms with Gasteiger partial charge in [-0.3, -0.25) is 4.79 Å². The van der Waals surface area contributed by atoms with Crippen molar-refractivity contribution in [2.24, 2.45) is 0 Å². The average molecular weight is 388 g/mol. The number of halogens is 1. The van der Waals surface area contributed by atoms with Gasteiger partial charge < -0.3 is 14.5 Å². The van der Waals surface area contributed by atoms with Crippen LogP contribution in [0.5, 0.6) is 0 Å². The number of aromatic nitrogens is 3. The van der Waals surface area contributed by atoms with Gasteiger partial charge in [0.05, 0.1) is 5.69 Å². The van der Waals surface area contributed by atoms with Gasteiger partial charge >= 0.3 is 5.97 Å². The molecule has 0 amide bonds. The first-order valence-electron chi connectivity index (χ1n) is 8.52. The molecule has 0 atom stereocenters. The number of ketones is 1. The van der Waals surface area contributed by atoms with Crippen molar-refractivity contribution < 1.29 is 19.1 Å². The number of carbonyl (C=O) groups excluding carboxylic acids is 1. The monoisotopic (exact) mass is 387 g/mol. The number of carboxylic acids is 1. The second-order valence-corrected chi connectivity index (χ2v) is 6.31. The van der Waals surface area contributed by atoms with Gasteiger partial charge in [0, 0.05) is 18.4 Å². The van der Waals surface area contributed by atoms with Gasteiger partial charge in [0.15, 0.2) is 16.7 Å². The molecule has 3 rings (SSSR count). The summed E-state index contributed by atoms with van der Waals surface area (Å²) in [6.45, 7) is 3.73. The fraction of sp³-hybridized carbons (Fsp3) is 0.263. The maximum Gasteiger partial charge on any atom is 0.358 e. The first-order valence-corrected chi connectivity index (χ1v) is 8.90. The Bertz CT molecular complexity index is 989. The molecule has 2 heterocycles. The number of H-pyrrole nitrogens is 1. The number of hydrogen-bond donors (Lipinski definition) is 2. The van der Waals surface area contributed by atoms with Crippen molar-refractivity contribution in [3.63, 3.8) is 0 Å². The van der Waals surface area contributed by atoms with Crippen molar-refractivity contribution in [1.82, 2.24) is 15.0 Å². The lowest BCUT2D eigenvalue weighted by molar-refractivity contribution is 0.0688. The third kappa shape index (κ3) is 3.93. The largest absolute Gasteiger partial charge is 0.476 e. The zero-order valence-corrected chi connectivity index (χ0v) is 15.6. The summed E-state index contributed by atoms with van der Waals surface area (Å²) >= 11 is 5.98. The van der Waals surface area contributed by atoms with E-state index in [0.29, 0.717) is 29.3 Å². The number of hydrogen-bond acceptors (Lipinski definition) is 5. The van der Waals surface area contributed by atoms with Gasteiger partial charge in [-0.2, -0.15) is 0 Å². The molecular weight excluding hydrogens is 370 g/mol. The molecule has 2 N–H and O–H groups in total. The van der Waals surface area contributed by atoms with Crippen molar-refractivity contribution in [2.45, 2.75) is 33.1 Å². The summed E-state index contributed by atoms with van der Waals surface area (Å²) in [5.41, 5.74) is 2.09. The first kappa shape index (κ1) is 18.8. The zero-order chi connectivity index (χ0) is 19.6. The number of nitrogens with zero attached hydrogens (tertiary/aromatic N) is 2. The number of imidazole rings is 1. The van der Waals surface area contributed by atoms with E-state index in [1.165, 1.54) is 0 Å². The molecule has 0 aliphatic heterocycles. The molecule has 0 saturated heterocycles. The normalized spacial score (nSPS) is 10.9. The summed E-state index contributed by atoms with van der Waals surface area (Å²) in [6, 6.07) is 7.03. The lowest BCUT2D eigenvalue weighted by atomic mass is 10.1. The summed E-state index contributed by atoms with van der Waals surface area (Å²) in [7, 11) is 0. The van der Waals surface area contributed by atoms with Gasteiger partial charge in [0.25, 0.3) is 0 Å². The molecule has 8 heteroatoms. The predicted octanol–water partition coefficient (Wildman–Crippen LogP) is 3.97. The number of aryl methyl sites for hydroxylation is 2. The van der Waals surface area contributed by atoms with E-state index in [9.17, 15) is 9.59 Å². The quantitative estimate of drug-likeness (QED) is 0.594. The Labute approximate surface area is 160 Å². The molecular formula is C19H18ClN3O4. The molecule has 140 valence electrons. The van der Waals surface area contributed by atoms with Gasteiger partial charge in [-0.1, -0.05) is 37.6 Å². The van der Waals surface area contributed by atoms with Crippen LogP contribution >= 0.6 is 11.6 Å². The van der Waals surface area contributed by atoms with Crippen LogP contribution in [-0.4, -0.2) is 31.8 Å². The Morgan fingerprint density at radius 1 is 1.15 bits per heavy atom. The maximum absolute atomic E-state index is 12.4. The summed E-state index contributed by atoms with van der Waals surface area (Å²) in [5, 5.41) is 9.49. The van der Waals surface area contributed by atoms with Gasteiger partial charge in [-0.15, -0.1) is 0 Å². The fourth-order valence-corrected chi connectivity index (χ4v) is 2.94. The van der Waals surface area contributed by atoms with Crippen molar-refractivity contribution in [1.29, 1.82) is 0 Å². The molecule has 0 aliphatic rings. The van der Waals surface area contributed by atoms with Crippen LogP contribution < -0.4 is 0 Å². The Balaban J connectivity index is 1.77.